The summed E-state index contributed by atoms with van der Waals surface area (Å²) >= 11 is 3.40. The maximum absolute atomic E-state index is 5.72. The highest BCUT2D eigenvalue weighted by atomic mass is 79.9. The molecule has 96 valence electrons. The van der Waals surface area contributed by atoms with E-state index in [9.17, 15) is 0 Å². The first-order valence-electron chi connectivity index (χ1n) is 6.06. The molecule has 0 aromatic carbocycles. The van der Waals surface area contributed by atoms with Crippen molar-refractivity contribution in [3.63, 3.8) is 0 Å². The molecular weight excluding hydrogens is 292 g/mol. The number of nitrogens with two attached hydrogens (primary N) is 1. The molecule has 4 nitrogen and oxygen atoms in total. The average molecular weight is 309 g/mol. The third-order valence-corrected chi connectivity index (χ3v) is 3.13. The average Bonchev–Trinajstić information content (AvgIpc) is 2.34. The minimum Gasteiger partial charge on any atom is -0.383 e. The van der Waals surface area contributed by atoms with Crippen LogP contribution in [0.5, 0.6) is 0 Å². The number of fused-ring (bicyclic) bond motifs is 1. The molecule has 0 spiro atoms. The largest absolute Gasteiger partial charge is 0.383 e. The monoisotopic (exact) mass is 308 g/mol. The summed E-state index contributed by atoms with van der Waals surface area (Å²) in [6.07, 6.45) is 5.66. The SMILES string of the molecule is CC(N)CCCNc1ccnc2cc(Br)cnc12. The molecule has 5 heteroatoms. The maximum atomic E-state index is 5.72. The minimum atomic E-state index is 0.259. The van der Waals surface area contributed by atoms with Crippen LogP contribution in [0.25, 0.3) is 11.0 Å². The Labute approximate surface area is 115 Å². The van der Waals surface area contributed by atoms with Crippen molar-refractivity contribution >= 4 is 32.7 Å². The third kappa shape index (κ3) is 3.40. The molecule has 0 bridgehead atoms. The number of nitrogens with zero attached hydrogens (tertiary/aromatic N) is 2. The van der Waals surface area contributed by atoms with Crippen molar-refractivity contribution in [3.05, 3.63) is 29.0 Å². The van der Waals surface area contributed by atoms with E-state index in [1.54, 1.807) is 12.4 Å². The first-order valence-corrected chi connectivity index (χ1v) is 6.86. The summed E-state index contributed by atoms with van der Waals surface area (Å²) < 4.78 is 0.941. The Balaban J connectivity index is 2.08. The van der Waals surface area contributed by atoms with E-state index < -0.39 is 0 Å². The van der Waals surface area contributed by atoms with E-state index in [4.69, 9.17) is 5.73 Å². The Bertz CT molecular complexity index is 527. The molecule has 0 saturated heterocycles. The zero-order valence-electron chi connectivity index (χ0n) is 10.4. The highest BCUT2D eigenvalue weighted by Gasteiger charge is 2.03. The van der Waals surface area contributed by atoms with Crippen LogP contribution in [0.3, 0.4) is 0 Å². The Kier molecular flexibility index (Phi) is 4.49. The molecule has 0 aliphatic carbocycles. The van der Waals surface area contributed by atoms with E-state index in [1.807, 2.05) is 19.1 Å². The summed E-state index contributed by atoms with van der Waals surface area (Å²) in [4.78, 5) is 8.70. The Morgan fingerprint density at radius 2 is 2.28 bits per heavy atom. The highest BCUT2D eigenvalue weighted by molar-refractivity contribution is 9.10. The van der Waals surface area contributed by atoms with Gasteiger partial charge in [0.2, 0.25) is 0 Å². The first-order chi connectivity index (χ1) is 8.66. The molecule has 2 aromatic rings. The molecule has 2 aromatic heterocycles. The van der Waals surface area contributed by atoms with Gasteiger partial charge in [0, 0.05) is 29.5 Å². The van der Waals surface area contributed by atoms with Crippen molar-refractivity contribution in [1.82, 2.24) is 9.97 Å². The van der Waals surface area contributed by atoms with Crippen LogP contribution in [0.2, 0.25) is 0 Å². The zero-order valence-corrected chi connectivity index (χ0v) is 11.9. The van der Waals surface area contributed by atoms with E-state index >= 15 is 0 Å². The van der Waals surface area contributed by atoms with Gasteiger partial charge < -0.3 is 11.1 Å². The van der Waals surface area contributed by atoms with Gasteiger partial charge in [0.25, 0.3) is 0 Å². The van der Waals surface area contributed by atoms with Crippen molar-refractivity contribution in [2.24, 2.45) is 5.73 Å². The lowest BCUT2D eigenvalue weighted by Gasteiger charge is -2.09. The van der Waals surface area contributed by atoms with Crippen LogP contribution >= 0.6 is 15.9 Å². The predicted octanol–water partition coefficient (Wildman–Crippen LogP) is 2.93. The van der Waals surface area contributed by atoms with Gasteiger partial charge in [0.05, 0.1) is 11.2 Å². The number of hydrogen-bond donors (Lipinski definition) is 2. The number of nitrogens with one attached hydrogen (secondary N) is 1. The topological polar surface area (TPSA) is 63.8 Å². The maximum Gasteiger partial charge on any atom is 0.112 e. The fourth-order valence-corrected chi connectivity index (χ4v) is 2.11. The van der Waals surface area contributed by atoms with Crippen molar-refractivity contribution in [2.45, 2.75) is 25.8 Å². The third-order valence-electron chi connectivity index (χ3n) is 2.70. The molecule has 1 unspecified atom stereocenters. The molecule has 18 heavy (non-hydrogen) atoms. The van der Waals surface area contributed by atoms with Gasteiger partial charge in [-0.05, 0) is 47.8 Å². The standard InChI is InChI=1S/C13H17BrN4/c1-9(15)3-2-5-16-11-4-6-17-12-7-10(14)8-18-13(11)12/h4,6-9H,2-3,5,15H2,1H3,(H,16,17). The lowest BCUT2D eigenvalue weighted by molar-refractivity contribution is 0.639. The zero-order chi connectivity index (χ0) is 13.0. The van der Waals surface area contributed by atoms with Gasteiger partial charge in [-0.1, -0.05) is 0 Å². The molecule has 0 aliphatic rings. The van der Waals surface area contributed by atoms with Gasteiger partial charge in [0.1, 0.15) is 5.52 Å². The second kappa shape index (κ2) is 6.11. The second-order valence-corrected chi connectivity index (χ2v) is 5.34. The van der Waals surface area contributed by atoms with E-state index in [0.717, 1.165) is 40.6 Å². The lowest BCUT2D eigenvalue weighted by Crippen LogP contribution is -2.16. The quantitative estimate of drug-likeness (QED) is 0.834. The normalized spacial score (nSPS) is 12.6. The molecule has 2 rings (SSSR count). The molecule has 0 saturated carbocycles. The fraction of sp³-hybridized carbons (Fsp3) is 0.385. The molecule has 3 N–H and O–H groups in total. The van der Waals surface area contributed by atoms with E-state index in [1.165, 1.54) is 0 Å². The van der Waals surface area contributed by atoms with Crippen LogP contribution < -0.4 is 11.1 Å². The Hall–Kier alpha value is -1.20. The van der Waals surface area contributed by atoms with Crippen molar-refractivity contribution in [3.8, 4) is 0 Å². The van der Waals surface area contributed by atoms with Crippen molar-refractivity contribution in [1.29, 1.82) is 0 Å². The summed E-state index contributed by atoms with van der Waals surface area (Å²) in [7, 11) is 0. The van der Waals surface area contributed by atoms with E-state index in [-0.39, 0.29) is 6.04 Å². The van der Waals surface area contributed by atoms with Gasteiger partial charge in [-0.25, -0.2) is 0 Å². The lowest BCUT2D eigenvalue weighted by atomic mass is 10.2. The fourth-order valence-electron chi connectivity index (χ4n) is 1.80. The number of rotatable bonds is 5. The summed E-state index contributed by atoms with van der Waals surface area (Å²) in [6.45, 7) is 2.93. The summed E-state index contributed by atoms with van der Waals surface area (Å²) in [5.74, 6) is 0. The number of anilines is 1. The molecular formula is C13H17BrN4. The summed E-state index contributed by atoms with van der Waals surface area (Å²) in [5.41, 5.74) is 8.54. The van der Waals surface area contributed by atoms with Crippen LogP contribution in [-0.2, 0) is 0 Å². The molecule has 0 radical (unpaired) electrons. The first kappa shape index (κ1) is 13.2. The molecule has 0 aliphatic heterocycles. The van der Waals surface area contributed by atoms with Crippen molar-refractivity contribution in [2.75, 3.05) is 11.9 Å². The van der Waals surface area contributed by atoms with Gasteiger partial charge in [-0.3, -0.25) is 9.97 Å². The number of halogens is 1. The molecule has 2 heterocycles. The highest BCUT2D eigenvalue weighted by Crippen LogP contribution is 2.21. The molecule has 1 atom stereocenters. The van der Waals surface area contributed by atoms with Crippen molar-refractivity contribution < 1.29 is 0 Å². The van der Waals surface area contributed by atoms with Crippen LogP contribution in [-0.4, -0.2) is 22.6 Å². The number of hydrogen-bond acceptors (Lipinski definition) is 4. The Morgan fingerprint density at radius 3 is 3.06 bits per heavy atom. The van der Waals surface area contributed by atoms with Gasteiger partial charge in [-0.15, -0.1) is 0 Å². The van der Waals surface area contributed by atoms with Crippen LogP contribution in [0.4, 0.5) is 5.69 Å². The van der Waals surface area contributed by atoms with Crippen LogP contribution in [0.15, 0.2) is 29.0 Å². The minimum absolute atomic E-state index is 0.259. The predicted molar refractivity (Wildman–Crippen MR) is 78.6 cm³/mol. The molecule has 0 amide bonds. The van der Waals surface area contributed by atoms with E-state index in [0.29, 0.717) is 0 Å². The molecule has 0 fully saturated rings. The van der Waals surface area contributed by atoms with Gasteiger partial charge in [0.15, 0.2) is 0 Å². The van der Waals surface area contributed by atoms with Gasteiger partial charge in [-0.2, -0.15) is 0 Å². The van der Waals surface area contributed by atoms with E-state index in [2.05, 4.69) is 31.2 Å². The van der Waals surface area contributed by atoms with Gasteiger partial charge >= 0.3 is 0 Å². The van der Waals surface area contributed by atoms with Crippen LogP contribution in [0, 0.1) is 0 Å². The second-order valence-electron chi connectivity index (χ2n) is 4.43. The number of pyridine rings is 2. The van der Waals surface area contributed by atoms with Crippen LogP contribution in [0.1, 0.15) is 19.8 Å². The summed E-state index contributed by atoms with van der Waals surface area (Å²) in [6, 6.07) is 4.18. The smallest absolute Gasteiger partial charge is 0.112 e. The summed E-state index contributed by atoms with van der Waals surface area (Å²) in [5, 5.41) is 3.39. The Morgan fingerprint density at radius 1 is 1.44 bits per heavy atom. The number of aromatic nitrogens is 2.